The Balaban J connectivity index is 2.62. The van der Waals surface area contributed by atoms with Crippen LogP contribution >= 0.6 is 0 Å². The molecule has 2 aromatic carbocycles. The van der Waals surface area contributed by atoms with Gasteiger partial charge in [0.1, 0.15) is 10.6 Å². The Bertz CT molecular complexity index is 1010. The molecule has 2 rings (SSSR count). The molecule has 128 valence electrons. The predicted octanol–water partition coefficient (Wildman–Crippen LogP) is 2.19. The lowest BCUT2D eigenvalue weighted by molar-refractivity contribution is -0.385. The summed E-state index contributed by atoms with van der Waals surface area (Å²) in [6, 6.07) is 8.75. The highest BCUT2D eigenvalue weighted by molar-refractivity contribution is 7.91. The highest BCUT2D eigenvalue weighted by Crippen LogP contribution is 2.35. The van der Waals surface area contributed by atoms with E-state index in [1.54, 1.807) is 0 Å². The van der Waals surface area contributed by atoms with Gasteiger partial charge >= 0.3 is 5.69 Å². The van der Waals surface area contributed by atoms with Gasteiger partial charge in [0, 0.05) is 18.6 Å². The van der Waals surface area contributed by atoms with E-state index in [0.29, 0.717) is 0 Å². The second kappa shape index (κ2) is 6.21. The maximum Gasteiger partial charge on any atom is 0.311 e. The van der Waals surface area contributed by atoms with Crippen molar-refractivity contribution in [2.45, 2.75) is 9.79 Å². The lowest BCUT2D eigenvalue weighted by atomic mass is 10.3. The first-order chi connectivity index (χ1) is 11.0. The minimum Gasteiger partial charge on any atom is -0.449 e. The van der Waals surface area contributed by atoms with Crippen molar-refractivity contribution in [3.8, 4) is 11.5 Å². The monoisotopic (exact) mass is 371 g/mol. The van der Waals surface area contributed by atoms with Gasteiger partial charge in [-0.1, -0.05) is 12.1 Å². The van der Waals surface area contributed by atoms with Crippen LogP contribution < -0.4 is 4.74 Å². The smallest absolute Gasteiger partial charge is 0.311 e. The third-order valence-corrected chi connectivity index (χ3v) is 5.25. The van der Waals surface area contributed by atoms with Crippen LogP contribution in [-0.4, -0.2) is 34.3 Å². The number of benzene rings is 2. The Morgan fingerprint density at radius 3 is 2.08 bits per heavy atom. The summed E-state index contributed by atoms with van der Waals surface area (Å²) in [5.41, 5.74) is -0.343. The highest BCUT2D eigenvalue weighted by atomic mass is 32.2. The van der Waals surface area contributed by atoms with Crippen LogP contribution in [0.4, 0.5) is 5.69 Å². The van der Waals surface area contributed by atoms with Crippen LogP contribution in [-0.2, 0) is 19.7 Å². The largest absolute Gasteiger partial charge is 0.449 e. The van der Waals surface area contributed by atoms with E-state index >= 15 is 0 Å². The Labute approximate surface area is 138 Å². The van der Waals surface area contributed by atoms with Crippen LogP contribution in [0.5, 0.6) is 11.5 Å². The topological polar surface area (TPSA) is 121 Å². The average molecular weight is 371 g/mol. The fourth-order valence-electron chi connectivity index (χ4n) is 1.91. The molecule has 0 aliphatic heterocycles. The van der Waals surface area contributed by atoms with Crippen LogP contribution in [0.1, 0.15) is 0 Å². The summed E-state index contributed by atoms with van der Waals surface area (Å²) in [7, 11) is -7.45. The third-order valence-electron chi connectivity index (χ3n) is 3.02. The molecular weight excluding hydrogens is 358 g/mol. The van der Waals surface area contributed by atoms with E-state index in [4.69, 9.17) is 4.74 Å². The van der Waals surface area contributed by atoms with Gasteiger partial charge < -0.3 is 4.74 Å². The first kappa shape index (κ1) is 17.9. The number of nitro benzene ring substituents is 1. The van der Waals surface area contributed by atoms with E-state index in [9.17, 15) is 26.9 Å². The minimum atomic E-state index is -3.83. The molecule has 0 spiro atoms. The summed E-state index contributed by atoms with van der Waals surface area (Å²) in [5.74, 6) is -0.348. The molecule has 2 aromatic rings. The molecule has 0 saturated carbocycles. The van der Waals surface area contributed by atoms with E-state index in [1.807, 2.05) is 0 Å². The van der Waals surface area contributed by atoms with Gasteiger partial charge in [0.05, 0.1) is 9.82 Å². The standard InChI is InChI=1S/C14H13NO7S2/c1-23(18,19)10-7-8-13(14(9-10)24(2,20)21)22-12-6-4-3-5-11(12)15(16)17/h3-9H,1-2H3. The van der Waals surface area contributed by atoms with Crippen molar-refractivity contribution in [2.24, 2.45) is 0 Å². The molecule has 0 aliphatic carbocycles. The van der Waals surface area contributed by atoms with Crippen LogP contribution in [0.2, 0.25) is 0 Å². The molecule has 0 heterocycles. The maximum atomic E-state index is 11.9. The van der Waals surface area contributed by atoms with E-state index in [1.165, 1.54) is 30.3 Å². The predicted molar refractivity (Wildman–Crippen MR) is 85.8 cm³/mol. The summed E-state index contributed by atoms with van der Waals surface area (Å²) in [5, 5.41) is 11.0. The first-order valence-electron chi connectivity index (χ1n) is 6.45. The zero-order valence-electron chi connectivity index (χ0n) is 12.7. The van der Waals surface area contributed by atoms with E-state index in [-0.39, 0.29) is 27.0 Å². The molecule has 0 N–H and O–H groups in total. The van der Waals surface area contributed by atoms with Crippen LogP contribution in [0, 0.1) is 10.1 Å². The summed E-state index contributed by atoms with van der Waals surface area (Å²) in [4.78, 5) is 9.77. The van der Waals surface area contributed by atoms with Gasteiger partial charge in [-0.05, 0) is 24.3 Å². The molecule has 0 fully saturated rings. The SMILES string of the molecule is CS(=O)(=O)c1ccc(Oc2ccccc2[N+](=O)[O-])c(S(C)(=O)=O)c1. The van der Waals surface area contributed by atoms with E-state index in [0.717, 1.165) is 24.6 Å². The number of nitrogens with zero attached hydrogens (tertiary/aromatic N) is 1. The van der Waals surface area contributed by atoms with Crippen LogP contribution in [0.25, 0.3) is 0 Å². The lowest BCUT2D eigenvalue weighted by Gasteiger charge is -2.11. The Morgan fingerprint density at radius 1 is 0.917 bits per heavy atom. The molecule has 8 nitrogen and oxygen atoms in total. The quantitative estimate of drug-likeness (QED) is 0.583. The second-order valence-electron chi connectivity index (χ2n) is 4.98. The molecule has 0 radical (unpaired) electrons. The third kappa shape index (κ3) is 3.89. The molecule has 24 heavy (non-hydrogen) atoms. The number of nitro groups is 1. The van der Waals surface area contributed by atoms with Crippen LogP contribution in [0.15, 0.2) is 52.3 Å². The van der Waals surface area contributed by atoms with Gasteiger partial charge in [0.15, 0.2) is 19.7 Å². The van der Waals surface area contributed by atoms with Crippen molar-refractivity contribution in [2.75, 3.05) is 12.5 Å². The number of sulfone groups is 2. The van der Waals surface area contributed by atoms with Gasteiger partial charge in [-0.25, -0.2) is 16.8 Å². The van der Waals surface area contributed by atoms with Crippen molar-refractivity contribution >= 4 is 25.4 Å². The molecule has 0 bridgehead atoms. The molecular formula is C14H13NO7S2. The van der Waals surface area contributed by atoms with E-state index < -0.39 is 24.6 Å². The Kier molecular flexibility index (Phi) is 4.63. The molecule has 0 atom stereocenters. The van der Waals surface area contributed by atoms with Crippen molar-refractivity contribution in [1.29, 1.82) is 0 Å². The molecule has 0 amide bonds. The van der Waals surface area contributed by atoms with Crippen molar-refractivity contribution in [1.82, 2.24) is 0 Å². The number of hydrogen-bond acceptors (Lipinski definition) is 7. The zero-order valence-corrected chi connectivity index (χ0v) is 14.3. The number of para-hydroxylation sites is 2. The summed E-state index contributed by atoms with van der Waals surface area (Å²) >= 11 is 0. The fourth-order valence-corrected chi connectivity index (χ4v) is 3.44. The Morgan fingerprint density at radius 2 is 1.54 bits per heavy atom. The molecule has 0 unspecified atom stereocenters. The van der Waals surface area contributed by atoms with Gasteiger partial charge in [-0.2, -0.15) is 0 Å². The number of rotatable bonds is 5. The lowest BCUT2D eigenvalue weighted by Crippen LogP contribution is -2.05. The number of hydrogen-bond donors (Lipinski definition) is 0. The van der Waals surface area contributed by atoms with Gasteiger partial charge in [0.2, 0.25) is 5.75 Å². The fraction of sp³-hybridized carbons (Fsp3) is 0.143. The van der Waals surface area contributed by atoms with E-state index in [2.05, 4.69) is 0 Å². The average Bonchev–Trinajstić information content (AvgIpc) is 2.45. The molecule has 0 aliphatic rings. The summed E-state index contributed by atoms with van der Waals surface area (Å²) in [6.07, 6.45) is 1.83. The zero-order chi connectivity index (χ0) is 18.1. The summed E-state index contributed by atoms with van der Waals surface area (Å²) in [6.45, 7) is 0. The molecule has 0 saturated heterocycles. The van der Waals surface area contributed by atoms with Gasteiger partial charge in [-0.3, -0.25) is 10.1 Å². The second-order valence-corrected chi connectivity index (χ2v) is 8.98. The maximum absolute atomic E-state index is 11.9. The van der Waals surface area contributed by atoms with Crippen molar-refractivity contribution in [3.05, 3.63) is 52.6 Å². The van der Waals surface area contributed by atoms with Crippen LogP contribution in [0.3, 0.4) is 0 Å². The number of ether oxygens (including phenoxy) is 1. The normalized spacial score (nSPS) is 11.9. The van der Waals surface area contributed by atoms with Gasteiger partial charge in [0.25, 0.3) is 0 Å². The molecule has 0 aromatic heterocycles. The summed E-state index contributed by atoms with van der Waals surface area (Å²) < 4.78 is 52.4. The van der Waals surface area contributed by atoms with Gasteiger partial charge in [-0.15, -0.1) is 0 Å². The minimum absolute atomic E-state index is 0.153. The molecule has 10 heteroatoms. The highest BCUT2D eigenvalue weighted by Gasteiger charge is 2.22. The van der Waals surface area contributed by atoms with Crippen molar-refractivity contribution < 1.29 is 26.5 Å². The first-order valence-corrected chi connectivity index (χ1v) is 10.2. The van der Waals surface area contributed by atoms with Crippen molar-refractivity contribution in [3.63, 3.8) is 0 Å². The Hall–Kier alpha value is -2.46.